The first-order valence-electron chi connectivity index (χ1n) is 9.10. The molecule has 0 spiro atoms. The second kappa shape index (κ2) is 9.41. The molecule has 0 radical (unpaired) electrons. The summed E-state index contributed by atoms with van der Waals surface area (Å²) in [6, 6.07) is 20.2. The number of benzene rings is 3. The van der Waals surface area contributed by atoms with Crippen molar-refractivity contribution in [3.63, 3.8) is 0 Å². The molecule has 6 heteroatoms. The van der Waals surface area contributed by atoms with E-state index in [0.717, 1.165) is 11.1 Å². The van der Waals surface area contributed by atoms with Gasteiger partial charge in [-0.1, -0.05) is 29.8 Å². The lowest BCUT2D eigenvalue weighted by molar-refractivity contribution is 0.0955. The van der Waals surface area contributed by atoms with E-state index >= 15 is 0 Å². The van der Waals surface area contributed by atoms with Gasteiger partial charge in [0.15, 0.2) is 11.5 Å². The molecule has 1 amide bonds. The maximum atomic E-state index is 12.1. The summed E-state index contributed by atoms with van der Waals surface area (Å²) in [6.45, 7) is 2.47. The Labute approximate surface area is 170 Å². The number of carbonyl (C=O) groups excluding carboxylic acids is 1. The van der Waals surface area contributed by atoms with Gasteiger partial charge < -0.3 is 15.2 Å². The van der Waals surface area contributed by atoms with Crippen LogP contribution in [0.25, 0.3) is 0 Å². The summed E-state index contributed by atoms with van der Waals surface area (Å²) in [5.41, 5.74) is 12.2. The Hall–Kier alpha value is -3.80. The van der Waals surface area contributed by atoms with Crippen molar-refractivity contribution in [2.45, 2.75) is 13.5 Å². The first-order valence-corrected chi connectivity index (χ1v) is 9.10. The minimum atomic E-state index is -0.314. The van der Waals surface area contributed by atoms with Gasteiger partial charge in [-0.05, 0) is 60.5 Å². The van der Waals surface area contributed by atoms with Crippen molar-refractivity contribution in [1.29, 1.82) is 0 Å². The van der Waals surface area contributed by atoms with Gasteiger partial charge in [0.1, 0.15) is 6.61 Å². The molecule has 0 heterocycles. The van der Waals surface area contributed by atoms with E-state index < -0.39 is 0 Å². The van der Waals surface area contributed by atoms with Gasteiger partial charge in [0.05, 0.1) is 13.3 Å². The molecule has 3 aromatic carbocycles. The molecule has 0 saturated heterocycles. The van der Waals surface area contributed by atoms with E-state index in [-0.39, 0.29) is 5.91 Å². The van der Waals surface area contributed by atoms with Crippen LogP contribution in [0.2, 0.25) is 0 Å². The fraction of sp³-hybridized carbons (Fsp3) is 0.130. The number of hydrogen-bond acceptors (Lipinski definition) is 5. The van der Waals surface area contributed by atoms with Gasteiger partial charge >= 0.3 is 0 Å². The molecule has 0 unspecified atom stereocenters. The lowest BCUT2D eigenvalue weighted by Crippen LogP contribution is -2.17. The molecule has 0 aliphatic heterocycles. The average molecular weight is 389 g/mol. The predicted octanol–water partition coefficient (Wildman–Crippen LogP) is 3.93. The van der Waals surface area contributed by atoms with E-state index in [1.165, 1.54) is 5.56 Å². The van der Waals surface area contributed by atoms with Crippen molar-refractivity contribution < 1.29 is 14.3 Å². The number of methoxy groups -OCH3 is 1. The largest absolute Gasteiger partial charge is 0.493 e. The molecule has 0 aliphatic rings. The van der Waals surface area contributed by atoms with Crippen LogP contribution in [0.5, 0.6) is 11.5 Å². The molecule has 0 aliphatic carbocycles. The van der Waals surface area contributed by atoms with E-state index in [1.807, 2.05) is 43.3 Å². The molecule has 148 valence electrons. The summed E-state index contributed by atoms with van der Waals surface area (Å²) in [6.07, 6.45) is 1.55. The fourth-order valence-corrected chi connectivity index (χ4v) is 2.60. The van der Waals surface area contributed by atoms with Crippen LogP contribution in [0.15, 0.2) is 71.8 Å². The minimum Gasteiger partial charge on any atom is -0.493 e. The summed E-state index contributed by atoms with van der Waals surface area (Å²) in [4.78, 5) is 12.1. The zero-order valence-electron chi connectivity index (χ0n) is 16.4. The Kier molecular flexibility index (Phi) is 6.47. The quantitative estimate of drug-likeness (QED) is 0.364. The number of ether oxygens (including phenoxy) is 2. The van der Waals surface area contributed by atoms with Crippen LogP contribution >= 0.6 is 0 Å². The lowest BCUT2D eigenvalue weighted by atomic mass is 10.1. The molecule has 3 aromatic rings. The standard InChI is InChI=1S/C23H23N3O3/c1-16-3-5-17(6-4-16)15-29-22-13-18(7-12-21(22)28-2)14-25-26-23(27)19-8-10-20(24)11-9-19/h3-14H,15,24H2,1-2H3,(H,26,27)/b25-14-. The molecule has 0 saturated carbocycles. The number of rotatable bonds is 7. The third kappa shape index (κ3) is 5.59. The molecule has 0 bridgehead atoms. The van der Waals surface area contributed by atoms with Crippen LogP contribution < -0.4 is 20.6 Å². The highest BCUT2D eigenvalue weighted by Crippen LogP contribution is 2.28. The van der Waals surface area contributed by atoms with E-state index in [9.17, 15) is 4.79 Å². The van der Waals surface area contributed by atoms with Gasteiger partial charge in [-0.3, -0.25) is 4.79 Å². The maximum Gasteiger partial charge on any atom is 0.271 e. The van der Waals surface area contributed by atoms with Gasteiger partial charge in [0.2, 0.25) is 0 Å². The number of nitrogen functional groups attached to an aromatic ring is 1. The molecule has 0 fully saturated rings. The number of anilines is 1. The number of nitrogens with two attached hydrogens (primary N) is 1. The number of hydrogen-bond donors (Lipinski definition) is 2. The van der Waals surface area contributed by atoms with E-state index in [2.05, 4.69) is 10.5 Å². The number of nitrogens with one attached hydrogen (secondary N) is 1. The zero-order valence-corrected chi connectivity index (χ0v) is 16.4. The minimum absolute atomic E-state index is 0.314. The first-order chi connectivity index (χ1) is 14.0. The van der Waals surface area contributed by atoms with Crippen molar-refractivity contribution in [3.05, 3.63) is 89.0 Å². The van der Waals surface area contributed by atoms with Crippen LogP contribution in [0.1, 0.15) is 27.0 Å². The summed E-state index contributed by atoms with van der Waals surface area (Å²) in [5.74, 6) is 0.910. The van der Waals surface area contributed by atoms with Crippen LogP contribution in [-0.4, -0.2) is 19.2 Å². The van der Waals surface area contributed by atoms with E-state index in [0.29, 0.717) is 29.4 Å². The second-order valence-electron chi connectivity index (χ2n) is 6.51. The van der Waals surface area contributed by atoms with Crippen molar-refractivity contribution in [1.82, 2.24) is 5.43 Å². The second-order valence-corrected chi connectivity index (χ2v) is 6.51. The van der Waals surface area contributed by atoms with Gasteiger partial charge in [-0.2, -0.15) is 5.10 Å². The monoisotopic (exact) mass is 389 g/mol. The first kappa shape index (κ1) is 19.9. The van der Waals surface area contributed by atoms with E-state index in [4.69, 9.17) is 15.2 Å². The molecular formula is C23H23N3O3. The molecule has 3 rings (SSSR count). The number of nitrogens with zero attached hydrogens (tertiary/aromatic N) is 1. The molecule has 3 N–H and O–H groups in total. The smallest absolute Gasteiger partial charge is 0.271 e. The Bertz CT molecular complexity index is 997. The van der Waals surface area contributed by atoms with Crippen LogP contribution in [-0.2, 0) is 6.61 Å². The molecule has 29 heavy (non-hydrogen) atoms. The van der Waals surface area contributed by atoms with Crippen LogP contribution in [0.3, 0.4) is 0 Å². The summed E-state index contributed by atoms with van der Waals surface area (Å²) in [7, 11) is 1.59. The summed E-state index contributed by atoms with van der Waals surface area (Å²) in [5, 5.41) is 4.01. The number of carbonyl (C=O) groups is 1. The van der Waals surface area contributed by atoms with Crippen molar-refractivity contribution in [3.8, 4) is 11.5 Å². The Morgan fingerprint density at radius 2 is 1.76 bits per heavy atom. The normalized spacial score (nSPS) is 10.7. The average Bonchev–Trinajstić information content (AvgIpc) is 2.74. The molecular weight excluding hydrogens is 366 g/mol. The van der Waals surface area contributed by atoms with Gasteiger partial charge in [-0.15, -0.1) is 0 Å². The molecule has 0 atom stereocenters. The highest BCUT2D eigenvalue weighted by atomic mass is 16.5. The van der Waals surface area contributed by atoms with Gasteiger partial charge in [-0.25, -0.2) is 5.43 Å². The van der Waals surface area contributed by atoms with Crippen molar-refractivity contribution in [2.75, 3.05) is 12.8 Å². The fourth-order valence-electron chi connectivity index (χ4n) is 2.60. The Balaban J connectivity index is 1.65. The van der Waals surface area contributed by atoms with Crippen molar-refractivity contribution >= 4 is 17.8 Å². The Morgan fingerprint density at radius 1 is 1.03 bits per heavy atom. The highest BCUT2D eigenvalue weighted by molar-refractivity contribution is 5.95. The number of aryl methyl sites for hydroxylation is 1. The van der Waals surface area contributed by atoms with E-state index in [1.54, 1.807) is 43.7 Å². The SMILES string of the molecule is COc1ccc(/C=N\NC(=O)c2ccc(N)cc2)cc1OCc1ccc(C)cc1. The zero-order chi connectivity index (χ0) is 20.6. The Morgan fingerprint density at radius 3 is 2.45 bits per heavy atom. The molecule has 0 aromatic heterocycles. The maximum absolute atomic E-state index is 12.1. The summed E-state index contributed by atoms with van der Waals surface area (Å²) >= 11 is 0. The number of hydrazone groups is 1. The third-order valence-corrected chi connectivity index (χ3v) is 4.26. The van der Waals surface area contributed by atoms with Crippen LogP contribution in [0.4, 0.5) is 5.69 Å². The third-order valence-electron chi connectivity index (χ3n) is 4.26. The van der Waals surface area contributed by atoms with Crippen LogP contribution in [0, 0.1) is 6.92 Å². The van der Waals surface area contributed by atoms with Gasteiger partial charge in [0.25, 0.3) is 5.91 Å². The lowest BCUT2D eigenvalue weighted by Gasteiger charge is -2.11. The summed E-state index contributed by atoms with van der Waals surface area (Å²) < 4.78 is 11.3. The molecule has 6 nitrogen and oxygen atoms in total. The highest BCUT2D eigenvalue weighted by Gasteiger charge is 2.07. The topological polar surface area (TPSA) is 85.9 Å². The van der Waals surface area contributed by atoms with Gasteiger partial charge in [0, 0.05) is 11.3 Å². The number of amides is 1. The van der Waals surface area contributed by atoms with Crippen molar-refractivity contribution in [2.24, 2.45) is 5.10 Å². The predicted molar refractivity (Wildman–Crippen MR) is 114 cm³/mol.